The first-order chi connectivity index (χ1) is 14.8. The van der Waals surface area contributed by atoms with E-state index in [-0.39, 0.29) is 11.9 Å². The van der Waals surface area contributed by atoms with E-state index < -0.39 is 0 Å². The number of carbonyl (C=O) groups excluding carboxylic acids is 1. The largest absolute Gasteiger partial charge is 0.361 e. The third-order valence-electron chi connectivity index (χ3n) is 5.60. The van der Waals surface area contributed by atoms with Gasteiger partial charge in [0.05, 0.1) is 0 Å². The number of rotatable bonds is 5. The van der Waals surface area contributed by atoms with Crippen molar-refractivity contribution in [2.24, 2.45) is 0 Å². The fraction of sp³-hybridized carbons (Fsp3) is 0.273. The van der Waals surface area contributed by atoms with E-state index in [1.807, 2.05) is 22.5 Å². The second-order valence-electron chi connectivity index (χ2n) is 7.33. The maximum Gasteiger partial charge on any atom is 0.317 e. The summed E-state index contributed by atoms with van der Waals surface area (Å²) in [5, 5.41) is 9.52. The molecule has 4 aromatic rings. The number of urea groups is 1. The number of hydrogen-bond donors (Lipinski definition) is 2. The van der Waals surface area contributed by atoms with E-state index in [0.29, 0.717) is 19.6 Å². The van der Waals surface area contributed by atoms with Crippen molar-refractivity contribution in [1.29, 1.82) is 0 Å². The molecule has 3 aromatic heterocycles. The van der Waals surface area contributed by atoms with Crippen LogP contribution in [0.4, 0.5) is 9.93 Å². The van der Waals surface area contributed by atoms with Gasteiger partial charge in [0.25, 0.3) is 0 Å². The van der Waals surface area contributed by atoms with Gasteiger partial charge in [0.15, 0.2) is 5.13 Å². The Labute approximate surface area is 183 Å². The number of fused-ring (bicyclic) bond motifs is 1. The standard InChI is InChI=1S/C22H23N5OS2/c28-21(26-8-10-27(11-9-26)22-23-7-13-30-22)25-15-18(20-6-3-12-29-20)17-14-24-19-5-2-1-4-16(17)19/h1-7,12-14,18,24H,8-11,15H2,(H,25,28). The minimum Gasteiger partial charge on any atom is -0.361 e. The number of nitrogens with zero attached hydrogens (tertiary/aromatic N) is 3. The Kier molecular flexibility index (Phi) is 5.42. The first-order valence-corrected chi connectivity index (χ1v) is 11.8. The van der Waals surface area contributed by atoms with Crippen molar-refractivity contribution in [1.82, 2.24) is 20.2 Å². The highest BCUT2D eigenvalue weighted by Crippen LogP contribution is 2.32. The maximum atomic E-state index is 12.9. The number of anilines is 1. The molecule has 6 nitrogen and oxygen atoms in total. The predicted molar refractivity (Wildman–Crippen MR) is 124 cm³/mol. The summed E-state index contributed by atoms with van der Waals surface area (Å²) in [6.07, 6.45) is 3.91. The third kappa shape index (κ3) is 3.80. The molecule has 2 N–H and O–H groups in total. The molecule has 1 fully saturated rings. The van der Waals surface area contributed by atoms with Crippen molar-refractivity contribution in [3.8, 4) is 0 Å². The number of amides is 2. The second-order valence-corrected chi connectivity index (χ2v) is 9.18. The minimum absolute atomic E-state index is 0.00943. The van der Waals surface area contributed by atoms with Gasteiger partial charge in [-0.15, -0.1) is 22.7 Å². The average Bonchev–Trinajstić information content (AvgIpc) is 3.56. The van der Waals surface area contributed by atoms with Crippen LogP contribution in [0.5, 0.6) is 0 Å². The Hall–Kier alpha value is -2.84. The van der Waals surface area contributed by atoms with Crippen LogP contribution in [0.25, 0.3) is 10.9 Å². The lowest BCUT2D eigenvalue weighted by molar-refractivity contribution is 0.194. The van der Waals surface area contributed by atoms with Crippen LogP contribution in [0, 0.1) is 0 Å². The van der Waals surface area contributed by atoms with Crippen LogP contribution in [-0.2, 0) is 0 Å². The number of hydrogen-bond acceptors (Lipinski definition) is 5. The molecular formula is C22H23N5OS2. The molecule has 1 unspecified atom stereocenters. The number of aromatic nitrogens is 2. The zero-order valence-corrected chi connectivity index (χ0v) is 18.1. The lowest BCUT2D eigenvalue weighted by Crippen LogP contribution is -2.52. The van der Waals surface area contributed by atoms with Crippen molar-refractivity contribution < 1.29 is 4.79 Å². The Morgan fingerprint density at radius 2 is 1.97 bits per heavy atom. The summed E-state index contributed by atoms with van der Waals surface area (Å²) >= 11 is 3.38. The Balaban J connectivity index is 1.27. The first kappa shape index (κ1) is 19.1. The predicted octanol–water partition coefficient (Wildman–Crippen LogP) is 4.35. The van der Waals surface area contributed by atoms with E-state index in [2.05, 4.69) is 62.1 Å². The molecule has 154 valence electrons. The molecular weight excluding hydrogens is 414 g/mol. The summed E-state index contributed by atoms with van der Waals surface area (Å²) in [5.41, 5.74) is 2.35. The highest BCUT2D eigenvalue weighted by molar-refractivity contribution is 7.13. The van der Waals surface area contributed by atoms with Gasteiger partial charge in [-0.05, 0) is 23.1 Å². The molecule has 8 heteroatoms. The fourth-order valence-corrected chi connectivity index (χ4v) is 5.55. The highest BCUT2D eigenvalue weighted by Gasteiger charge is 2.24. The number of benzene rings is 1. The van der Waals surface area contributed by atoms with Crippen molar-refractivity contribution in [2.75, 3.05) is 37.6 Å². The van der Waals surface area contributed by atoms with Gasteiger partial charge in [0.1, 0.15) is 0 Å². The van der Waals surface area contributed by atoms with Crippen molar-refractivity contribution in [3.63, 3.8) is 0 Å². The number of nitrogens with one attached hydrogen (secondary N) is 2. The molecule has 0 aliphatic carbocycles. The number of piperazine rings is 1. The molecule has 1 aromatic carbocycles. The summed E-state index contributed by atoms with van der Waals surface area (Å²) in [6, 6.07) is 12.6. The molecule has 4 heterocycles. The van der Waals surface area contributed by atoms with Crippen molar-refractivity contribution in [2.45, 2.75) is 5.92 Å². The van der Waals surface area contributed by atoms with E-state index >= 15 is 0 Å². The van der Waals surface area contributed by atoms with E-state index in [4.69, 9.17) is 0 Å². The summed E-state index contributed by atoms with van der Waals surface area (Å²) in [5.74, 6) is 0.127. The van der Waals surface area contributed by atoms with E-state index in [9.17, 15) is 4.79 Å². The Bertz CT molecular complexity index is 1100. The van der Waals surface area contributed by atoms with Gasteiger partial charge >= 0.3 is 6.03 Å². The molecule has 30 heavy (non-hydrogen) atoms. The van der Waals surface area contributed by atoms with E-state index in [1.54, 1.807) is 22.7 Å². The van der Waals surface area contributed by atoms with Gasteiger partial charge in [0, 0.05) is 72.2 Å². The molecule has 0 spiro atoms. The minimum atomic E-state index is 0.00943. The van der Waals surface area contributed by atoms with Crippen LogP contribution in [0.1, 0.15) is 16.4 Å². The summed E-state index contributed by atoms with van der Waals surface area (Å²) in [4.78, 5) is 26.0. The van der Waals surface area contributed by atoms with Gasteiger partial charge in [0.2, 0.25) is 0 Å². The van der Waals surface area contributed by atoms with Gasteiger partial charge in [-0.2, -0.15) is 0 Å². The molecule has 2 amide bonds. The SMILES string of the molecule is O=C(NCC(c1cccs1)c1c[nH]c2ccccc12)N1CCN(c2nccs2)CC1. The van der Waals surface area contributed by atoms with Crippen LogP contribution >= 0.6 is 22.7 Å². The summed E-state index contributed by atoms with van der Waals surface area (Å²) < 4.78 is 0. The zero-order valence-electron chi connectivity index (χ0n) is 16.5. The molecule has 5 rings (SSSR count). The Morgan fingerprint density at radius 1 is 1.10 bits per heavy atom. The topological polar surface area (TPSA) is 64.3 Å². The first-order valence-electron chi connectivity index (χ1n) is 10.1. The average molecular weight is 438 g/mol. The maximum absolute atomic E-state index is 12.9. The van der Waals surface area contributed by atoms with Crippen molar-refractivity contribution >= 4 is 44.7 Å². The molecule has 1 aliphatic heterocycles. The number of carbonyl (C=O) groups is 1. The van der Waals surface area contributed by atoms with E-state index in [1.165, 1.54) is 15.8 Å². The number of thiazole rings is 1. The summed E-state index contributed by atoms with van der Waals surface area (Å²) in [7, 11) is 0. The van der Waals surface area contributed by atoms with Crippen LogP contribution in [0.3, 0.4) is 0 Å². The van der Waals surface area contributed by atoms with Gasteiger partial charge in [-0.1, -0.05) is 24.3 Å². The van der Waals surface area contributed by atoms with Gasteiger partial charge in [-0.25, -0.2) is 9.78 Å². The molecule has 0 radical (unpaired) electrons. The Morgan fingerprint density at radius 3 is 2.73 bits per heavy atom. The lowest BCUT2D eigenvalue weighted by Gasteiger charge is -2.34. The van der Waals surface area contributed by atoms with Gasteiger partial charge < -0.3 is 20.1 Å². The quantitative estimate of drug-likeness (QED) is 0.488. The highest BCUT2D eigenvalue weighted by atomic mass is 32.1. The molecule has 1 aliphatic rings. The van der Waals surface area contributed by atoms with Crippen LogP contribution in [0.15, 0.2) is 59.6 Å². The molecule has 0 saturated carbocycles. The molecule has 0 bridgehead atoms. The normalized spacial score (nSPS) is 15.5. The van der Waals surface area contributed by atoms with Crippen molar-refractivity contribution in [3.05, 3.63) is 70.0 Å². The van der Waals surface area contributed by atoms with Gasteiger partial charge in [-0.3, -0.25) is 0 Å². The number of aromatic amines is 1. The zero-order chi connectivity index (χ0) is 20.3. The smallest absolute Gasteiger partial charge is 0.317 e. The lowest BCUT2D eigenvalue weighted by atomic mass is 9.97. The number of thiophene rings is 1. The fourth-order valence-electron chi connectivity index (χ4n) is 4.01. The van der Waals surface area contributed by atoms with Crippen LogP contribution < -0.4 is 10.2 Å². The second kappa shape index (κ2) is 8.49. The van der Waals surface area contributed by atoms with Crippen LogP contribution in [-0.4, -0.2) is 53.6 Å². The third-order valence-corrected chi connectivity index (χ3v) is 7.42. The van der Waals surface area contributed by atoms with Crippen LogP contribution in [0.2, 0.25) is 0 Å². The number of H-pyrrole nitrogens is 1. The summed E-state index contributed by atoms with van der Waals surface area (Å²) in [6.45, 7) is 3.63. The monoisotopic (exact) mass is 437 g/mol. The molecule has 1 saturated heterocycles. The number of para-hydroxylation sites is 1. The van der Waals surface area contributed by atoms with E-state index in [0.717, 1.165) is 23.7 Å². The molecule has 1 atom stereocenters.